The molecule has 3 N–H and O–H groups in total. The molecule has 3 fully saturated rings. The van der Waals surface area contributed by atoms with E-state index in [4.69, 9.17) is 33.7 Å². The monoisotopic (exact) mass is 834 g/mol. The molecule has 2 saturated heterocycles. The predicted molar refractivity (Wildman–Crippen MR) is 151 cm³/mol. The molecule has 6 nitrogen and oxygen atoms in total. The first-order valence-corrected chi connectivity index (χ1v) is 14.3. The van der Waals surface area contributed by atoms with Gasteiger partial charge in [0.05, 0.1) is 18.2 Å². The molecule has 3 aliphatic heterocycles. The third-order valence-electron chi connectivity index (χ3n) is 8.78. The van der Waals surface area contributed by atoms with Crippen LogP contribution in [0.1, 0.15) is 42.7 Å². The van der Waals surface area contributed by atoms with E-state index in [0.29, 0.717) is 22.8 Å². The number of halogens is 5. The van der Waals surface area contributed by atoms with Crippen molar-refractivity contribution >= 4 is 34.8 Å². The number of hydrogen-bond acceptors (Lipinski definition) is 4. The molecular weight excluding hydrogens is 802 g/mol. The average Bonchev–Trinajstić information content (AvgIpc) is 3.35. The van der Waals surface area contributed by atoms with Crippen LogP contribution in [0.25, 0.3) is 5.73 Å². The summed E-state index contributed by atoms with van der Waals surface area (Å²) in [6, 6.07) is 9.08. The van der Waals surface area contributed by atoms with Gasteiger partial charge in [0.25, 0.3) is 0 Å². The molecule has 0 aromatic heterocycles. The van der Waals surface area contributed by atoms with E-state index < -0.39 is 34.7 Å². The van der Waals surface area contributed by atoms with Crippen LogP contribution >= 0.6 is 23.2 Å². The second-order valence-corrected chi connectivity index (χ2v) is 11.8. The van der Waals surface area contributed by atoms with E-state index >= 15 is 4.39 Å². The van der Waals surface area contributed by atoms with Crippen molar-refractivity contribution in [1.82, 2.24) is 10.2 Å². The topological polar surface area (TPSA) is 77.4 Å². The summed E-state index contributed by atoms with van der Waals surface area (Å²) in [5.41, 5.74) is 5.99. The van der Waals surface area contributed by atoms with Crippen molar-refractivity contribution in [3.05, 3.63) is 76.0 Å². The van der Waals surface area contributed by atoms with Gasteiger partial charge in [0.1, 0.15) is 11.2 Å². The summed E-state index contributed by atoms with van der Waals surface area (Å²) >= 11 is 12.2. The molecule has 3 heterocycles. The number of fused-ring (bicyclic) bond motifs is 3. The smallest absolute Gasteiger partial charge is 0.676 e. The Morgan fingerprint density at radius 2 is 1.78 bits per heavy atom. The number of anilines is 1. The second-order valence-electron chi connectivity index (χ2n) is 11.0. The van der Waals surface area contributed by atoms with E-state index in [-0.39, 0.29) is 73.3 Å². The minimum absolute atomic E-state index is 0. The Balaban J connectivity index is 0.000000333. The summed E-state index contributed by atoms with van der Waals surface area (Å²) in [6.07, 6.45) is -0.620. The van der Waals surface area contributed by atoms with Crippen LogP contribution < -0.4 is 10.6 Å². The van der Waals surface area contributed by atoms with Gasteiger partial charge in [0.2, 0.25) is 11.8 Å². The molecular formula is C29H33Cl2F3N4O2U. The van der Waals surface area contributed by atoms with Crippen LogP contribution in [-0.4, -0.2) is 67.7 Å². The third-order valence-corrected chi connectivity index (χ3v) is 9.31. The maximum absolute atomic E-state index is 15.2. The number of alkyl halides is 2. The molecule has 1 saturated carbocycles. The first kappa shape index (κ1) is 33.1. The quantitative estimate of drug-likeness (QED) is 0.360. The molecule has 2 aromatic rings. The molecule has 220 valence electrons. The van der Waals surface area contributed by atoms with Crippen molar-refractivity contribution in [2.24, 2.45) is 0 Å². The first-order valence-electron chi connectivity index (χ1n) is 13.5. The van der Waals surface area contributed by atoms with Crippen LogP contribution in [0.4, 0.5) is 18.9 Å². The zero-order valence-corrected chi connectivity index (χ0v) is 28.2. The summed E-state index contributed by atoms with van der Waals surface area (Å²) in [4.78, 5) is 16.0. The van der Waals surface area contributed by atoms with Gasteiger partial charge in [0.15, 0.2) is 0 Å². The summed E-state index contributed by atoms with van der Waals surface area (Å²) in [5.74, 6) is -4.54. The number of hydrogen-bond donors (Lipinski definition) is 2. The minimum Gasteiger partial charge on any atom is -0.676 e. The van der Waals surface area contributed by atoms with E-state index in [0.717, 1.165) is 32.8 Å². The molecule has 0 unspecified atom stereocenters. The van der Waals surface area contributed by atoms with Crippen LogP contribution in [0.5, 0.6) is 0 Å². The number of carbonyl (C=O) groups excluding carboxylic acids is 1. The Labute approximate surface area is 272 Å². The van der Waals surface area contributed by atoms with Gasteiger partial charge in [-0.1, -0.05) is 41.4 Å². The number of ether oxygens (including phenoxy) is 1. The fourth-order valence-corrected chi connectivity index (χ4v) is 7.37. The van der Waals surface area contributed by atoms with Crippen LogP contribution in [0.15, 0.2) is 36.4 Å². The second kappa shape index (κ2) is 13.0. The van der Waals surface area contributed by atoms with Crippen LogP contribution in [0.3, 0.4) is 0 Å². The van der Waals surface area contributed by atoms with Gasteiger partial charge >= 0.3 is 31.1 Å². The van der Waals surface area contributed by atoms with Gasteiger partial charge < -0.3 is 32.9 Å². The van der Waals surface area contributed by atoms with E-state index in [9.17, 15) is 13.6 Å². The molecule has 41 heavy (non-hydrogen) atoms. The molecule has 6 rings (SSSR count). The van der Waals surface area contributed by atoms with Gasteiger partial charge in [-0.3, -0.25) is 4.79 Å². The normalized spacial score (nSPS) is 28.0. The number of nitrogens with zero attached hydrogens (tertiary/aromatic N) is 1. The van der Waals surface area contributed by atoms with E-state index in [2.05, 4.69) is 22.5 Å². The molecule has 0 bridgehead atoms. The molecule has 2 aromatic carbocycles. The fourth-order valence-electron chi connectivity index (χ4n) is 7.02. The van der Waals surface area contributed by atoms with Crippen LogP contribution in [0, 0.1) is 43.9 Å². The van der Waals surface area contributed by atoms with Crippen molar-refractivity contribution in [3.63, 3.8) is 0 Å². The molecule has 1 aliphatic carbocycles. The van der Waals surface area contributed by atoms with Crippen molar-refractivity contribution in [2.75, 3.05) is 44.7 Å². The summed E-state index contributed by atoms with van der Waals surface area (Å²) in [7, 11) is 0. The maximum atomic E-state index is 15.2. The van der Waals surface area contributed by atoms with Crippen LogP contribution in [0.2, 0.25) is 10.0 Å². The summed E-state index contributed by atoms with van der Waals surface area (Å²) in [6.45, 7) is 9.32. The summed E-state index contributed by atoms with van der Waals surface area (Å²) in [5, 5.41) is 6.63. The van der Waals surface area contributed by atoms with E-state index in [1.165, 1.54) is 6.07 Å². The number of benzene rings is 2. The van der Waals surface area contributed by atoms with Crippen molar-refractivity contribution < 1.29 is 53.8 Å². The molecule has 1 amide bonds. The zero-order chi connectivity index (χ0) is 28.7. The minimum atomic E-state index is -2.80. The molecule has 4 aliphatic rings. The standard InChI is InChI=1S/C23H20Cl2F3N2O.C6H13N2O.U/c1-12-18(14-3-2-4-16(25)19(14)26)23(21(30-12)7-9-22(27,28)10-8-21)15-6-5-13(24)11-17(15)29-20(23)31;7-1-2-8-3-5-9-6-4-8;/h2-6,11-12,18,30H,1,7-10H2,(H,29,31);7H,1-6H2;/q2*-1;+2/t12-,18+,23-;;/m0../s1. The zero-order valence-electron chi connectivity index (χ0n) is 22.6. The van der Waals surface area contributed by atoms with Crippen molar-refractivity contribution in [1.29, 1.82) is 0 Å². The van der Waals surface area contributed by atoms with Crippen molar-refractivity contribution in [2.45, 2.75) is 54.5 Å². The Hall–Kier alpha value is -0.828. The van der Waals surface area contributed by atoms with Gasteiger partial charge in [-0.05, 0) is 54.6 Å². The molecule has 2 spiro atoms. The van der Waals surface area contributed by atoms with E-state index in [1.54, 1.807) is 30.3 Å². The number of nitrogens with one attached hydrogen (secondary N) is 3. The van der Waals surface area contributed by atoms with Crippen molar-refractivity contribution in [3.8, 4) is 0 Å². The van der Waals surface area contributed by atoms with Gasteiger partial charge in [-0.2, -0.15) is 0 Å². The van der Waals surface area contributed by atoms with E-state index in [1.807, 2.05) is 0 Å². The number of carbonyl (C=O) groups is 1. The number of morpholine rings is 1. The Morgan fingerprint density at radius 3 is 2.44 bits per heavy atom. The molecule has 0 radical (unpaired) electrons. The third kappa shape index (κ3) is 5.98. The number of amides is 1. The van der Waals surface area contributed by atoms with Gasteiger partial charge in [0, 0.05) is 42.2 Å². The predicted octanol–water partition coefficient (Wildman–Crippen LogP) is 6.23. The average molecular weight is 836 g/mol. The number of rotatable bonds is 3. The van der Waals surface area contributed by atoms with Gasteiger partial charge in [-0.15, -0.1) is 12.6 Å². The summed E-state index contributed by atoms with van der Waals surface area (Å²) < 4.78 is 48.7. The molecule has 3 atom stereocenters. The van der Waals surface area contributed by atoms with Crippen LogP contribution in [-0.2, 0) is 14.9 Å². The van der Waals surface area contributed by atoms with Gasteiger partial charge in [-0.25, -0.2) is 13.2 Å². The Bertz CT molecular complexity index is 1250. The first-order chi connectivity index (χ1) is 19.0. The Kier molecular flexibility index (Phi) is 10.5. The largest absolute Gasteiger partial charge is 2.00 e. The molecule has 12 heteroatoms. The SMILES string of the molecule is [CH2-][C@@H]1NC2(CCC(F)(F)CC2)[C@]2(C(=O)Nc3cc(Cl)ccc32)[C@H]1c1cccc(Cl)c1F.[NH-]CCN1CCOCC1.[U+2]. The fraction of sp³-hybridized carbons (Fsp3) is 0.517. The Morgan fingerprint density at radius 1 is 1.10 bits per heavy atom. The maximum Gasteiger partial charge on any atom is 2.00 e.